The Morgan fingerprint density at radius 2 is 2.09 bits per heavy atom. The van der Waals surface area contributed by atoms with E-state index in [0.717, 1.165) is 18.7 Å². The molecule has 1 aliphatic rings. The molecule has 0 spiro atoms. The zero-order valence-corrected chi connectivity index (χ0v) is 14.2. The quantitative estimate of drug-likeness (QED) is 0.744. The molecule has 120 valence electrons. The van der Waals surface area contributed by atoms with Gasteiger partial charge in [-0.05, 0) is 25.0 Å². The number of fused-ring (bicyclic) bond motifs is 1. The summed E-state index contributed by atoms with van der Waals surface area (Å²) in [6.07, 6.45) is 2.21. The highest BCUT2D eigenvalue weighted by atomic mass is 35.5. The Labute approximate surface area is 141 Å². The van der Waals surface area contributed by atoms with Crippen LogP contribution in [0.1, 0.15) is 29.6 Å². The van der Waals surface area contributed by atoms with E-state index >= 15 is 0 Å². The second-order valence-corrected chi connectivity index (χ2v) is 8.46. The molecule has 3 aromatic rings. The third-order valence-corrected chi connectivity index (χ3v) is 6.34. The summed E-state index contributed by atoms with van der Waals surface area (Å²) in [6, 6.07) is 6.32. The predicted molar refractivity (Wildman–Crippen MR) is 86.1 cm³/mol. The van der Waals surface area contributed by atoms with E-state index in [0.29, 0.717) is 15.9 Å². The number of sulfonamides is 1. The van der Waals surface area contributed by atoms with Crippen molar-refractivity contribution in [2.45, 2.75) is 30.2 Å². The average molecular weight is 370 g/mol. The minimum Gasteiger partial charge on any atom is -0.207 e. The summed E-state index contributed by atoms with van der Waals surface area (Å²) in [5.41, 5.74) is 0. The molecule has 1 fully saturated rings. The van der Waals surface area contributed by atoms with E-state index < -0.39 is 10.0 Å². The highest BCUT2D eigenvalue weighted by molar-refractivity contribution is 7.89. The van der Waals surface area contributed by atoms with Gasteiger partial charge in [0.25, 0.3) is 0 Å². The minimum absolute atomic E-state index is 0.0586. The lowest BCUT2D eigenvalue weighted by Crippen LogP contribution is -2.23. The number of aromatic nitrogens is 4. The van der Waals surface area contributed by atoms with Gasteiger partial charge in [-0.15, -0.1) is 10.2 Å². The fourth-order valence-electron chi connectivity index (χ4n) is 2.24. The van der Waals surface area contributed by atoms with E-state index in [9.17, 15) is 8.42 Å². The van der Waals surface area contributed by atoms with Gasteiger partial charge in [0.1, 0.15) is 9.90 Å². The van der Waals surface area contributed by atoms with E-state index in [1.54, 1.807) is 22.7 Å². The van der Waals surface area contributed by atoms with Crippen molar-refractivity contribution in [1.82, 2.24) is 24.5 Å². The van der Waals surface area contributed by atoms with Gasteiger partial charge in [-0.25, -0.2) is 13.1 Å². The molecule has 1 saturated carbocycles. The van der Waals surface area contributed by atoms with Crippen molar-refractivity contribution in [2.75, 3.05) is 0 Å². The second-order valence-electron chi connectivity index (χ2n) is 5.28. The number of hydrogen-bond acceptors (Lipinski definition) is 6. The molecule has 0 radical (unpaired) electrons. The van der Waals surface area contributed by atoms with Gasteiger partial charge in [0, 0.05) is 5.92 Å². The van der Waals surface area contributed by atoms with Crippen LogP contribution in [-0.2, 0) is 16.6 Å². The molecule has 1 aromatic carbocycles. The number of halogens is 1. The first-order valence-corrected chi connectivity index (χ1v) is 9.67. The molecule has 4 rings (SSSR count). The first-order valence-electron chi connectivity index (χ1n) is 7.00. The van der Waals surface area contributed by atoms with Gasteiger partial charge < -0.3 is 0 Å². The summed E-state index contributed by atoms with van der Waals surface area (Å²) in [6.45, 7) is 0.0890. The fraction of sp³-hybridized carbons (Fsp3) is 0.308. The molecular formula is C13H12ClN5O2S2. The van der Waals surface area contributed by atoms with Gasteiger partial charge in [-0.2, -0.15) is 9.61 Å². The molecule has 23 heavy (non-hydrogen) atoms. The summed E-state index contributed by atoms with van der Waals surface area (Å²) in [7, 11) is -3.68. The lowest BCUT2D eigenvalue weighted by molar-refractivity contribution is 0.580. The molecule has 0 amide bonds. The molecule has 1 aliphatic carbocycles. The SMILES string of the molecule is O=S(=O)(NCc1nn2c(C3CC3)nnc2s1)c1ccccc1Cl. The van der Waals surface area contributed by atoms with Crippen molar-refractivity contribution in [3.63, 3.8) is 0 Å². The summed E-state index contributed by atoms with van der Waals surface area (Å²) in [5.74, 6) is 1.29. The van der Waals surface area contributed by atoms with E-state index in [2.05, 4.69) is 20.0 Å². The molecule has 0 aliphatic heterocycles. The van der Waals surface area contributed by atoms with Gasteiger partial charge in [0.05, 0.1) is 11.6 Å². The van der Waals surface area contributed by atoms with Crippen molar-refractivity contribution in [3.8, 4) is 0 Å². The number of benzene rings is 1. The topological polar surface area (TPSA) is 89.2 Å². The third kappa shape index (κ3) is 2.85. The van der Waals surface area contributed by atoms with Crippen LogP contribution in [0.2, 0.25) is 5.02 Å². The standard InChI is InChI=1S/C13H12ClN5O2S2/c14-9-3-1-2-4-10(9)23(20,21)15-7-11-18-19-12(8-5-6-8)16-17-13(19)22-11/h1-4,8,15H,5-7H2. The molecule has 0 unspecified atom stereocenters. The zero-order valence-electron chi connectivity index (χ0n) is 11.8. The average Bonchev–Trinajstić information content (AvgIpc) is 3.15. The van der Waals surface area contributed by atoms with Crippen LogP contribution in [-0.4, -0.2) is 28.2 Å². The number of nitrogens with zero attached hydrogens (tertiary/aromatic N) is 4. The smallest absolute Gasteiger partial charge is 0.207 e. The van der Waals surface area contributed by atoms with Gasteiger partial charge in [-0.1, -0.05) is 35.1 Å². The summed E-state index contributed by atoms with van der Waals surface area (Å²) in [4.78, 5) is 0.738. The van der Waals surface area contributed by atoms with Gasteiger partial charge in [0.2, 0.25) is 15.0 Å². The summed E-state index contributed by atoms with van der Waals surface area (Å²) >= 11 is 7.27. The molecular weight excluding hydrogens is 358 g/mol. The molecule has 2 aromatic heterocycles. The first kappa shape index (κ1) is 15.0. The molecule has 1 N–H and O–H groups in total. The molecule has 0 bridgehead atoms. The van der Waals surface area contributed by atoms with Crippen molar-refractivity contribution >= 4 is 37.9 Å². The Morgan fingerprint density at radius 1 is 1.30 bits per heavy atom. The molecule has 0 atom stereocenters. The zero-order chi connectivity index (χ0) is 16.0. The number of rotatable bonds is 5. The Hall–Kier alpha value is -1.55. The maximum atomic E-state index is 12.3. The van der Waals surface area contributed by atoms with Crippen molar-refractivity contribution < 1.29 is 8.42 Å². The van der Waals surface area contributed by atoms with Gasteiger partial charge in [-0.3, -0.25) is 0 Å². The van der Waals surface area contributed by atoms with Crippen LogP contribution < -0.4 is 4.72 Å². The van der Waals surface area contributed by atoms with E-state index in [-0.39, 0.29) is 16.5 Å². The summed E-state index contributed by atoms with van der Waals surface area (Å²) in [5, 5.41) is 13.4. The van der Waals surface area contributed by atoms with Crippen molar-refractivity contribution in [1.29, 1.82) is 0 Å². The Kier molecular flexibility index (Phi) is 3.60. The van der Waals surface area contributed by atoms with Crippen LogP contribution in [0.4, 0.5) is 0 Å². The van der Waals surface area contributed by atoms with Crippen molar-refractivity contribution in [3.05, 3.63) is 40.1 Å². The Balaban J connectivity index is 1.55. The molecule has 10 heteroatoms. The van der Waals surface area contributed by atoms with Crippen molar-refractivity contribution in [2.24, 2.45) is 0 Å². The lowest BCUT2D eigenvalue weighted by Gasteiger charge is -2.06. The van der Waals surface area contributed by atoms with Crippen LogP contribution >= 0.6 is 22.9 Å². The number of hydrogen-bond donors (Lipinski definition) is 1. The Bertz CT molecular complexity index is 977. The molecule has 2 heterocycles. The van der Waals surface area contributed by atoms with Crippen LogP contribution in [0, 0.1) is 0 Å². The highest BCUT2D eigenvalue weighted by Crippen LogP contribution is 2.39. The van der Waals surface area contributed by atoms with Crippen LogP contribution in [0.25, 0.3) is 4.96 Å². The van der Waals surface area contributed by atoms with Gasteiger partial charge in [0.15, 0.2) is 5.82 Å². The van der Waals surface area contributed by atoms with Crippen LogP contribution in [0.15, 0.2) is 29.2 Å². The van der Waals surface area contributed by atoms with E-state index in [1.165, 1.54) is 17.4 Å². The molecule has 7 nitrogen and oxygen atoms in total. The fourth-order valence-corrected chi connectivity index (χ4v) is 4.61. The minimum atomic E-state index is -3.68. The normalized spacial score (nSPS) is 15.3. The highest BCUT2D eigenvalue weighted by Gasteiger charge is 2.30. The Morgan fingerprint density at radius 3 is 2.83 bits per heavy atom. The summed E-state index contributed by atoms with van der Waals surface area (Å²) < 4.78 is 28.9. The third-order valence-electron chi connectivity index (χ3n) is 3.54. The maximum Gasteiger partial charge on any atom is 0.242 e. The second kappa shape index (κ2) is 5.52. The van der Waals surface area contributed by atoms with E-state index in [4.69, 9.17) is 11.6 Å². The first-order chi connectivity index (χ1) is 11.0. The molecule has 0 saturated heterocycles. The lowest BCUT2D eigenvalue weighted by atomic mass is 10.4. The van der Waals surface area contributed by atoms with Gasteiger partial charge >= 0.3 is 0 Å². The van der Waals surface area contributed by atoms with E-state index in [1.807, 2.05) is 0 Å². The largest absolute Gasteiger partial charge is 0.242 e. The maximum absolute atomic E-state index is 12.3. The van der Waals surface area contributed by atoms with Crippen LogP contribution in [0.3, 0.4) is 0 Å². The monoisotopic (exact) mass is 369 g/mol. The predicted octanol–water partition coefficient (Wildman–Crippen LogP) is 2.20. The van der Waals surface area contributed by atoms with Crippen LogP contribution in [0.5, 0.6) is 0 Å². The number of nitrogens with one attached hydrogen (secondary N) is 1.